The fourth-order valence-electron chi connectivity index (χ4n) is 1.35. The molecule has 1 atom stereocenters. The van der Waals surface area contributed by atoms with Crippen molar-refractivity contribution in [2.24, 2.45) is 5.92 Å². The zero-order valence-electron chi connectivity index (χ0n) is 8.27. The summed E-state index contributed by atoms with van der Waals surface area (Å²) in [5, 5.41) is 20.5. The molecule has 1 saturated carbocycles. The molecule has 1 aliphatic rings. The van der Waals surface area contributed by atoms with Gasteiger partial charge in [-0.1, -0.05) is 0 Å². The molecule has 1 aromatic heterocycles. The number of hydrogen-bond donors (Lipinski definition) is 2. The molecule has 2 N–H and O–H groups in total. The number of aryl methyl sites for hydroxylation is 1. The Balaban J connectivity index is 1.82. The Morgan fingerprint density at radius 2 is 2.29 bits per heavy atom. The van der Waals surface area contributed by atoms with Gasteiger partial charge in [0.25, 0.3) is 0 Å². The van der Waals surface area contributed by atoms with Crippen molar-refractivity contribution in [3.63, 3.8) is 0 Å². The first kappa shape index (κ1) is 9.40. The quantitative estimate of drug-likeness (QED) is 0.748. The highest BCUT2D eigenvalue weighted by atomic mass is 16.3. The normalized spacial score (nSPS) is 17.9. The molecule has 0 bridgehead atoms. The second kappa shape index (κ2) is 3.92. The Labute approximate surface area is 83.4 Å². The summed E-state index contributed by atoms with van der Waals surface area (Å²) >= 11 is 0. The summed E-state index contributed by atoms with van der Waals surface area (Å²) in [6.07, 6.45) is 2.07. The van der Waals surface area contributed by atoms with Crippen LogP contribution >= 0.6 is 0 Å². The Morgan fingerprint density at radius 3 is 2.86 bits per heavy atom. The van der Waals surface area contributed by atoms with Crippen LogP contribution in [0.1, 0.15) is 18.5 Å². The van der Waals surface area contributed by atoms with Crippen molar-refractivity contribution in [3.8, 4) is 0 Å². The summed E-state index contributed by atoms with van der Waals surface area (Å²) in [6, 6.07) is 3.78. The first-order valence-electron chi connectivity index (χ1n) is 4.98. The molecule has 0 radical (unpaired) electrons. The van der Waals surface area contributed by atoms with Crippen molar-refractivity contribution < 1.29 is 5.11 Å². The van der Waals surface area contributed by atoms with Gasteiger partial charge in [0.1, 0.15) is 5.82 Å². The van der Waals surface area contributed by atoms with Crippen LogP contribution in [0, 0.1) is 12.8 Å². The van der Waals surface area contributed by atoms with E-state index < -0.39 is 0 Å². The largest absolute Gasteiger partial charge is 0.391 e. The van der Waals surface area contributed by atoms with Crippen LogP contribution in [0.3, 0.4) is 0 Å². The average molecular weight is 193 g/mol. The van der Waals surface area contributed by atoms with Crippen molar-refractivity contribution in [3.05, 3.63) is 17.8 Å². The Morgan fingerprint density at radius 1 is 1.50 bits per heavy atom. The van der Waals surface area contributed by atoms with Crippen LogP contribution < -0.4 is 5.32 Å². The van der Waals surface area contributed by atoms with Gasteiger partial charge in [-0.25, -0.2) is 0 Å². The third kappa shape index (κ3) is 2.42. The lowest BCUT2D eigenvalue weighted by Crippen LogP contribution is -2.21. The zero-order valence-corrected chi connectivity index (χ0v) is 8.27. The van der Waals surface area contributed by atoms with Gasteiger partial charge in [-0.05, 0) is 37.8 Å². The Kier molecular flexibility index (Phi) is 2.63. The summed E-state index contributed by atoms with van der Waals surface area (Å²) in [6.45, 7) is 2.47. The third-order valence-corrected chi connectivity index (χ3v) is 2.46. The van der Waals surface area contributed by atoms with Gasteiger partial charge in [0.15, 0.2) is 0 Å². The Bertz CT molecular complexity index is 295. The molecular weight excluding hydrogens is 178 g/mol. The van der Waals surface area contributed by atoms with E-state index in [1.165, 1.54) is 0 Å². The van der Waals surface area contributed by atoms with Crippen molar-refractivity contribution >= 4 is 5.82 Å². The standard InChI is InChI=1S/C10H15N3O/c1-7-2-5-10(13-12-7)11-6-9(14)8-3-4-8/h2,5,8-9,14H,3-4,6H2,1H3,(H,11,13). The molecular formula is C10H15N3O. The summed E-state index contributed by atoms with van der Waals surface area (Å²) in [5.41, 5.74) is 0.901. The summed E-state index contributed by atoms with van der Waals surface area (Å²) in [7, 11) is 0. The van der Waals surface area contributed by atoms with Crippen LogP contribution in [0.5, 0.6) is 0 Å². The molecule has 4 heteroatoms. The Hall–Kier alpha value is -1.16. The topological polar surface area (TPSA) is 58.0 Å². The molecule has 0 aliphatic heterocycles. The van der Waals surface area contributed by atoms with Gasteiger partial charge >= 0.3 is 0 Å². The smallest absolute Gasteiger partial charge is 0.148 e. The van der Waals surface area contributed by atoms with Crippen LogP contribution in [-0.2, 0) is 0 Å². The van der Waals surface area contributed by atoms with Gasteiger partial charge in [-0.3, -0.25) is 0 Å². The second-order valence-electron chi connectivity index (χ2n) is 3.85. The average Bonchev–Trinajstić information content (AvgIpc) is 3.00. The van der Waals surface area contributed by atoms with Gasteiger partial charge in [0, 0.05) is 6.54 Å². The summed E-state index contributed by atoms with van der Waals surface area (Å²) in [4.78, 5) is 0. The summed E-state index contributed by atoms with van der Waals surface area (Å²) < 4.78 is 0. The molecule has 14 heavy (non-hydrogen) atoms. The monoisotopic (exact) mass is 193 g/mol. The number of rotatable bonds is 4. The third-order valence-electron chi connectivity index (χ3n) is 2.46. The van der Waals surface area contributed by atoms with Crippen LogP contribution in [0.2, 0.25) is 0 Å². The highest BCUT2D eigenvalue weighted by Crippen LogP contribution is 2.32. The van der Waals surface area contributed by atoms with E-state index in [9.17, 15) is 5.11 Å². The number of nitrogens with one attached hydrogen (secondary N) is 1. The SMILES string of the molecule is Cc1ccc(NCC(O)C2CC2)nn1. The molecule has 0 spiro atoms. The molecule has 1 fully saturated rings. The van der Waals surface area contributed by atoms with Gasteiger partial charge in [0.2, 0.25) is 0 Å². The van der Waals surface area contributed by atoms with Gasteiger partial charge in [-0.2, -0.15) is 5.10 Å². The van der Waals surface area contributed by atoms with Crippen LogP contribution in [0.15, 0.2) is 12.1 Å². The summed E-state index contributed by atoms with van der Waals surface area (Å²) in [5.74, 6) is 1.23. The van der Waals surface area contributed by atoms with Crippen molar-refractivity contribution in [1.29, 1.82) is 0 Å². The first-order valence-corrected chi connectivity index (χ1v) is 4.98. The highest BCUT2D eigenvalue weighted by Gasteiger charge is 2.29. The molecule has 76 valence electrons. The van der Waals surface area contributed by atoms with Crippen LogP contribution in [-0.4, -0.2) is 28.0 Å². The van der Waals surface area contributed by atoms with E-state index in [4.69, 9.17) is 0 Å². The van der Waals surface area contributed by atoms with Gasteiger partial charge < -0.3 is 10.4 Å². The molecule has 0 aromatic carbocycles. The molecule has 1 aromatic rings. The number of hydrogen-bond acceptors (Lipinski definition) is 4. The highest BCUT2D eigenvalue weighted by molar-refractivity contribution is 5.32. The fraction of sp³-hybridized carbons (Fsp3) is 0.600. The molecule has 0 amide bonds. The lowest BCUT2D eigenvalue weighted by atomic mass is 10.2. The minimum atomic E-state index is -0.238. The number of aliphatic hydroxyl groups excluding tert-OH is 1. The van der Waals surface area contributed by atoms with E-state index in [0.29, 0.717) is 12.5 Å². The number of anilines is 1. The van der Waals surface area contributed by atoms with Crippen LogP contribution in [0.4, 0.5) is 5.82 Å². The maximum atomic E-state index is 9.59. The maximum absolute atomic E-state index is 9.59. The molecule has 1 aliphatic carbocycles. The zero-order chi connectivity index (χ0) is 9.97. The molecule has 1 unspecified atom stereocenters. The predicted molar refractivity (Wildman–Crippen MR) is 54.0 cm³/mol. The minimum Gasteiger partial charge on any atom is -0.391 e. The first-order chi connectivity index (χ1) is 6.75. The number of aliphatic hydroxyl groups is 1. The van der Waals surface area contributed by atoms with E-state index in [2.05, 4.69) is 15.5 Å². The lowest BCUT2D eigenvalue weighted by molar-refractivity contribution is 0.164. The van der Waals surface area contributed by atoms with E-state index in [1.54, 1.807) is 0 Å². The fourth-order valence-corrected chi connectivity index (χ4v) is 1.35. The minimum absolute atomic E-state index is 0.238. The van der Waals surface area contributed by atoms with Gasteiger partial charge in [-0.15, -0.1) is 5.10 Å². The van der Waals surface area contributed by atoms with Crippen molar-refractivity contribution in [2.75, 3.05) is 11.9 Å². The van der Waals surface area contributed by atoms with E-state index in [0.717, 1.165) is 24.4 Å². The van der Waals surface area contributed by atoms with E-state index in [-0.39, 0.29) is 6.10 Å². The van der Waals surface area contributed by atoms with E-state index in [1.807, 2.05) is 19.1 Å². The number of nitrogens with zero attached hydrogens (tertiary/aromatic N) is 2. The molecule has 2 rings (SSSR count). The maximum Gasteiger partial charge on any atom is 0.148 e. The van der Waals surface area contributed by atoms with E-state index >= 15 is 0 Å². The van der Waals surface area contributed by atoms with Crippen LogP contribution in [0.25, 0.3) is 0 Å². The van der Waals surface area contributed by atoms with Crippen molar-refractivity contribution in [1.82, 2.24) is 10.2 Å². The lowest BCUT2D eigenvalue weighted by Gasteiger charge is -2.10. The predicted octanol–water partition coefficient (Wildman–Crippen LogP) is 0.968. The molecule has 0 saturated heterocycles. The second-order valence-corrected chi connectivity index (χ2v) is 3.85. The number of aromatic nitrogens is 2. The van der Waals surface area contributed by atoms with Gasteiger partial charge in [0.05, 0.1) is 11.8 Å². The molecule has 1 heterocycles. The molecule has 4 nitrogen and oxygen atoms in total. The van der Waals surface area contributed by atoms with Crippen molar-refractivity contribution in [2.45, 2.75) is 25.9 Å².